The second-order valence-corrected chi connectivity index (χ2v) is 4.09. The first-order valence-electron chi connectivity index (χ1n) is 5.59. The van der Waals surface area contributed by atoms with Crippen molar-refractivity contribution >= 4 is 0 Å². The molecule has 15 heavy (non-hydrogen) atoms. The predicted octanol–water partition coefficient (Wildman–Crippen LogP) is 0.915. The van der Waals surface area contributed by atoms with Crippen molar-refractivity contribution in [3.63, 3.8) is 0 Å². The molecule has 1 heterocycles. The van der Waals surface area contributed by atoms with E-state index in [1.54, 1.807) is 9.13 Å². The molecule has 0 bridgehead atoms. The van der Waals surface area contributed by atoms with Gasteiger partial charge >= 0.3 is 5.69 Å². The zero-order chi connectivity index (χ0) is 11.3. The van der Waals surface area contributed by atoms with Crippen LogP contribution in [0.1, 0.15) is 20.3 Å². The molecule has 0 aromatic carbocycles. The van der Waals surface area contributed by atoms with Gasteiger partial charge in [-0.2, -0.15) is 0 Å². The van der Waals surface area contributed by atoms with Crippen molar-refractivity contribution in [2.75, 3.05) is 13.6 Å². The number of nitrogens with one attached hydrogen (secondary N) is 1. The van der Waals surface area contributed by atoms with E-state index in [-0.39, 0.29) is 5.69 Å². The molecule has 0 saturated carbocycles. The molecule has 1 aromatic heterocycles. The van der Waals surface area contributed by atoms with Gasteiger partial charge in [0.15, 0.2) is 0 Å². The number of rotatable bonds is 6. The fourth-order valence-corrected chi connectivity index (χ4v) is 1.75. The number of hydrogen-bond donors (Lipinski definition) is 1. The lowest BCUT2D eigenvalue weighted by molar-refractivity contribution is 0.449. The van der Waals surface area contributed by atoms with Crippen molar-refractivity contribution in [2.24, 2.45) is 5.92 Å². The quantitative estimate of drug-likeness (QED) is 0.760. The molecule has 0 aliphatic rings. The average molecular weight is 211 g/mol. The van der Waals surface area contributed by atoms with E-state index < -0.39 is 0 Å². The van der Waals surface area contributed by atoms with E-state index in [0.717, 1.165) is 26.1 Å². The topological polar surface area (TPSA) is 39.0 Å². The van der Waals surface area contributed by atoms with Crippen molar-refractivity contribution in [1.82, 2.24) is 14.5 Å². The van der Waals surface area contributed by atoms with Crippen LogP contribution in [0.5, 0.6) is 0 Å². The standard InChI is InChI=1S/C11H21N3O/c1-4-5-13-6-7-14(11(13)15)9-10(2)8-12-3/h6-7,10,12H,4-5,8-9H2,1-3H3. The molecule has 1 N–H and O–H groups in total. The first-order chi connectivity index (χ1) is 7.19. The fourth-order valence-electron chi connectivity index (χ4n) is 1.75. The zero-order valence-corrected chi connectivity index (χ0v) is 9.86. The van der Waals surface area contributed by atoms with Gasteiger partial charge in [0.05, 0.1) is 0 Å². The Morgan fingerprint density at radius 2 is 2.07 bits per heavy atom. The Hall–Kier alpha value is -1.03. The van der Waals surface area contributed by atoms with E-state index in [2.05, 4.69) is 19.2 Å². The maximum absolute atomic E-state index is 11.8. The van der Waals surface area contributed by atoms with Gasteiger partial charge in [0.2, 0.25) is 0 Å². The van der Waals surface area contributed by atoms with Crippen LogP contribution in [-0.4, -0.2) is 22.7 Å². The summed E-state index contributed by atoms with van der Waals surface area (Å²) in [5.74, 6) is 0.477. The van der Waals surface area contributed by atoms with Gasteiger partial charge in [-0.15, -0.1) is 0 Å². The third kappa shape index (κ3) is 3.23. The Morgan fingerprint density at radius 1 is 1.40 bits per heavy atom. The molecule has 0 spiro atoms. The summed E-state index contributed by atoms with van der Waals surface area (Å²) in [5.41, 5.74) is 0.111. The molecule has 0 radical (unpaired) electrons. The van der Waals surface area contributed by atoms with E-state index in [1.165, 1.54) is 0 Å². The van der Waals surface area contributed by atoms with Crippen LogP contribution in [0.25, 0.3) is 0 Å². The second kappa shape index (κ2) is 5.75. The molecule has 0 aliphatic heterocycles. The Kier molecular flexibility index (Phi) is 4.62. The summed E-state index contributed by atoms with van der Waals surface area (Å²) in [5, 5.41) is 3.12. The SMILES string of the molecule is CCCn1ccn(CC(C)CNC)c1=O. The molecule has 1 rings (SSSR count). The summed E-state index contributed by atoms with van der Waals surface area (Å²) in [6.45, 7) is 6.75. The van der Waals surface area contributed by atoms with Gasteiger partial charge in [-0.25, -0.2) is 4.79 Å². The highest BCUT2D eigenvalue weighted by atomic mass is 16.1. The van der Waals surface area contributed by atoms with E-state index in [9.17, 15) is 4.79 Å². The van der Waals surface area contributed by atoms with Crippen LogP contribution >= 0.6 is 0 Å². The highest BCUT2D eigenvalue weighted by Gasteiger charge is 2.06. The third-order valence-corrected chi connectivity index (χ3v) is 2.44. The zero-order valence-electron chi connectivity index (χ0n) is 9.86. The predicted molar refractivity (Wildman–Crippen MR) is 62.1 cm³/mol. The monoisotopic (exact) mass is 211 g/mol. The van der Waals surface area contributed by atoms with Gasteiger partial charge in [-0.3, -0.25) is 9.13 Å². The van der Waals surface area contributed by atoms with E-state index in [4.69, 9.17) is 0 Å². The molecule has 0 aliphatic carbocycles. The number of aryl methyl sites for hydroxylation is 1. The molecule has 1 aromatic rings. The van der Waals surface area contributed by atoms with Crippen molar-refractivity contribution in [3.05, 3.63) is 22.9 Å². The number of nitrogens with zero attached hydrogens (tertiary/aromatic N) is 2. The molecule has 1 unspecified atom stereocenters. The molecule has 0 fully saturated rings. The van der Waals surface area contributed by atoms with Crippen LogP contribution < -0.4 is 11.0 Å². The van der Waals surface area contributed by atoms with Crippen LogP contribution in [-0.2, 0) is 13.1 Å². The van der Waals surface area contributed by atoms with Gasteiger partial charge < -0.3 is 5.32 Å². The minimum atomic E-state index is 0.111. The number of aromatic nitrogens is 2. The van der Waals surface area contributed by atoms with Crippen LogP contribution in [0.15, 0.2) is 17.2 Å². The molecule has 0 amide bonds. The maximum Gasteiger partial charge on any atom is 0.328 e. The van der Waals surface area contributed by atoms with Crippen molar-refractivity contribution in [2.45, 2.75) is 33.4 Å². The largest absolute Gasteiger partial charge is 0.328 e. The minimum absolute atomic E-state index is 0.111. The fraction of sp³-hybridized carbons (Fsp3) is 0.727. The second-order valence-electron chi connectivity index (χ2n) is 4.09. The Morgan fingerprint density at radius 3 is 2.67 bits per heavy atom. The minimum Gasteiger partial charge on any atom is -0.319 e. The highest BCUT2D eigenvalue weighted by Crippen LogP contribution is 1.97. The Balaban J connectivity index is 2.66. The van der Waals surface area contributed by atoms with E-state index in [0.29, 0.717) is 5.92 Å². The van der Waals surface area contributed by atoms with Gasteiger partial charge in [-0.05, 0) is 25.9 Å². The van der Waals surface area contributed by atoms with E-state index >= 15 is 0 Å². The third-order valence-electron chi connectivity index (χ3n) is 2.44. The molecule has 1 atom stereocenters. The average Bonchev–Trinajstić information content (AvgIpc) is 2.51. The summed E-state index contributed by atoms with van der Waals surface area (Å²) in [4.78, 5) is 11.8. The lowest BCUT2D eigenvalue weighted by Crippen LogP contribution is -2.28. The molecule has 0 saturated heterocycles. The number of imidazole rings is 1. The maximum atomic E-state index is 11.8. The van der Waals surface area contributed by atoms with Gasteiger partial charge in [0.25, 0.3) is 0 Å². The van der Waals surface area contributed by atoms with Crippen molar-refractivity contribution < 1.29 is 0 Å². The summed E-state index contributed by atoms with van der Waals surface area (Å²) in [6, 6.07) is 0. The van der Waals surface area contributed by atoms with Crippen LogP contribution in [0, 0.1) is 5.92 Å². The lowest BCUT2D eigenvalue weighted by Gasteiger charge is -2.10. The number of hydrogen-bond acceptors (Lipinski definition) is 2. The van der Waals surface area contributed by atoms with Crippen molar-refractivity contribution in [1.29, 1.82) is 0 Å². The smallest absolute Gasteiger partial charge is 0.319 e. The first-order valence-corrected chi connectivity index (χ1v) is 5.59. The molecule has 4 heteroatoms. The Bertz CT molecular complexity index is 340. The van der Waals surface area contributed by atoms with Gasteiger partial charge in [-0.1, -0.05) is 13.8 Å². The molecule has 4 nitrogen and oxygen atoms in total. The van der Waals surface area contributed by atoms with Crippen LogP contribution in [0.4, 0.5) is 0 Å². The summed E-state index contributed by atoms with van der Waals surface area (Å²) < 4.78 is 3.56. The first kappa shape index (κ1) is 12.0. The van der Waals surface area contributed by atoms with Gasteiger partial charge in [0.1, 0.15) is 0 Å². The molecule has 86 valence electrons. The van der Waals surface area contributed by atoms with E-state index in [1.807, 2.05) is 19.4 Å². The van der Waals surface area contributed by atoms with Gasteiger partial charge in [0, 0.05) is 25.5 Å². The highest BCUT2D eigenvalue weighted by molar-refractivity contribution is 4.82. The van der Waals surface area contributed by atoms with Crippen LogP contribution in [0.3, 0.4) is 0 Å². The lowest BCUT2D eigenvalue weighted by atomic mass is 10.2. The molecular formula is C11H21N3O. The molecular weight excluding hydrogens is 190 g/mol. The summed E-state index contributed by atoms with van der Waals surface area (Å²) in [7, 11) is 1.93. The Labute approximate surface area is 90.9 Å². The summed E-state index contributed by atoms with van der Waals surface area (Å²) in [6.07, 6.45) is 4.75. The van der Waals surface area contributed by atoms with Crippen LogP contribution in [0.2, 0.25) is 0 Å². The van der Waals surface area contributed by atoms with Crippen molar-refractivity contribution in [3.8, 4) is 0 Å². The normalized spacial score (nSPS) is 13.0. The summed E-state index contributed by atoms with van der Waals surface area (Å²) >= 11 is 0.